The van der Waals surface area contributed by atoms with Crippen LogP contribution in [0.5, 0.6) is 11.5 Å². The fourth-order valence-electron chi connectivity index (χ4n) is 1.55. The number of rotatable bonds is 5. The zero-order valence-corrected chi connectivity index (χ0v) is 15.0. The highest BCUT2D eigenvalue weighted by Gasteiger charge is 2.21. The Morgan fingerprint density at radius 2 is 2.05 bits per heavy atom. The minimum absolute atomic E-state index is 0. The Morgan fingerprint density at radius 1 is 1.45 bits per heavy atom. The molecule has 5 nitrogen and oxygen atoms in total. The van der Waals surface area contributed by atoms with Crippen LogP contribution in [0.4, 0.5) is 0 Å². The van der Waals surface area contributed by atoms with E-state index in [1.54, 1.807) is 13.0 Å². The lowest BCUT2D eigenvalue weighted by molar-refractivity contribution is -0.143. The molecule has 0 bridgehead atoms. The quantitative estimate of drug-likeness (QED) is 0.697. The van der Waals surface area contributed by atoms with Crippen LogP contribution in [-0.2, 0) is 9.53 Å². The zero-order chi connectivity index (χ0) is 14.6. The van der Waals surface area contributed by atoms with Gasteiger partial charge in [0.2, 0.25) is 0 Å². The average molecular weight is 434 g/mol. The highest BCUT2D eigenvalue weighted by molar-refractivity contribution is 9.13. The maximum atomic E-state index is 11.4. The summed E-state index contributed by atoms with van der Waals surface area (Å²) in [6.07, 6.45) is 0.0484. The predicted molar refractivity (Wildman–Crippen MR) is 85.5 cm³/mol. The second-order valence-electron chi connectivity index (χ2n) is 3.76. The molecule has 8 heteroatoms. The summed E-state index contributed by atoms with van der Waals surface area (Å²) in [6.45, 7) is 2.05. The third-order valence-electron chi connectivity index (χ3n) is 2.49. The topological polar surface area (TPSA) is 81.8 Å². The second kappa shape index (κ2) is 8.71. The van der Waals surface area contributed by atoms with Crippen LogP contribution >= 0.6 is 44.3 Å². The number of phenols is 1. The van der Waals surface area contributed by atoms with Crippen LogP contribution in [0.25, 0.3) is 0 Å². The third-order valence-corrected chi connectivity index (χ3v) is 4.64. The van der Waals surface area contributed by atoms with E-state index in [0.717, 1.165) is 0 Å². The van der Waals surface area contributed by atoms with Crippen molar-refractivity contribution in [3.05, 3.63) is 20.6 Å². The van der Waals surface area contributed by atoms with Gasteiger partial charge in [-0.3, -0.25) is 4.79 Å². The summed E-state index contributed by atoms with van der Waals surface area (Å²) in [5, 5.41) is 9.82. The number of halogens is 3. The minimum Gasteiger partial charge on any atom is -0.503 e. The van der Waals surface area contributed by atoms with Crippen LogP contribution in [-0.4, -0.2) is 24.8 Å². The van der Waals surface area contributed by atoms with Crippen LogP contribution in [0.15, 0.2) is 15.0 Å². The molecule has 0 spiro atoms. The number of esters is 1. The van der Waals surface area contributed by atoms with E-state index in [1.165, 1.54) is 7.11 Å². The van der Waals surface area contributed by atoms with Gasteiger partial charge in [0.25, 0.3) is 0 Å². The molecule has 1 aromatic rings. The van der Waals surface area contributed by atoms with Crippen LogP contribution in [0.2, 0.25) is 0 Å². The molecule has 1 aromatic carbocycles. The predicted octanol–water partition coefficient (Wildman–Crippen LogP) is 3.30. The summed E-state index contributed by atoms with van der Waals surface area (Å²) in [7, 11) is 1.44. The van der Waals surface area contributed by atoms with Gasteiger partial charge in [-0.1, -0.05) is 0 Å². The number of carbonyl (C=O) groups excluding carboxylic acids is 1. The molecule has 114 valence electrons. The minimum atomic E-state index is -0.556. The maximum absolute atomic E-state index is 11.4. The van der Waals surface area contributed by atoms with Crippen LogP contribution < -0.4 is 10.5 Å². The van der Waals surface area contributed by atoms with E-state index in [1.807, 2.05) is 0 Å². The van der Waals surface area contributed by atoms with Gasteiger partial charge in [0.15, 0.2) is 11.5 Å². The molecule has 20 heavy (non-hydrogen) atoms. The summed E-state index contributed by atoms with van der Waals surface area (Å²) >= 11 is 6.57. The molecular formula is C12H16Br2ClNO4. The lowest BCUT2D eigenvalue weighted by atomic mass is 10.0. The first-order chi connectivity index (χ1) is 8.92. The van der Waals surface area contributed by atoms with Crippen molar-refractivity contribution in [2.75, 3.05) is 13.7 Å². The Morgan fingerprint density at radius 3 is 2.55 bits per heavy atom. The number of carbonyl (C=O) groups is 1. The van der Waals surface area contributed by atoms with Gasteiger partial charge in [0, 0.05) is 10.5 Å². The SMILES string of the molecule is CCOC(=O)C[C@@H](N)c1cc(OC)c(O)c(Br)c1Br.Cl. The van der Waals surface area contributed by atoms with Crippen molar-refractivity contribution in [1.29, 1.82) is 0 Å². The summed E-state index contributed by atoms with van der Waals surface area (Å²) in [5.74, 6) is -0.115. The standard InChI is InChI=1S/C12H15Br2NO4.ClH/c1-3-19-9(16)5-7(15)6-4-8(18-2)12(17)11(14)10(6)13;/h4,7,17H,3,5,15H2,1-2H3;1H/t7-;/m1./s1. The Bertz CT molecular complexity index is 485. The van der Waals surface area contributed by atoms with Gasteiger partial charge < -0.3 is 20.3 Å². The highest BCUT2D eigenvalue weighted by atomic mass is 79.9. The summed E-state index contributed by atoms with van der Waals surface area (Å²) in [6, 6.07) is 1.04. The van der Waals surface area contributed by atoms with Crippen LogP contribution in [0.3, 0.4) is 0 Å². The molecule has 0 saturated heterocycles. The van der Waals surface area contributed by atoms with Gasteiger partial charge in [-0.25, -0.2) is 0 Å². The Hall–Kier alpha value is -0.500. The Labute approximate surface area is 140 Å². The molecule has 0 unspecified atom stereocenters. The van der Waals surface area contributed by atoms with E-state index in [-0.39, 0.29) is 36.3 Å². The Kier molecular flexibility index (Phi) is 8.50. The van der Waals surface area contributed by atoms with E-state index in [0.29, 0.717) is 21.1 Å². The van der Waals surface area contributed by atoms with E-state index in [9.17, 15) is 9.90 Å². The summed E-state index contributed by atoms with van der Waals surface area (Å²) in [5.41, 5.74) is 6.63. The molecule has 0 aromatic heterocycles. The molecule has 0 radical (unpaired) electrons. The smallest absolute Gasteiger partial charge is 0.307 e. The fraction of sp³-hybridized carbons (Fsp3) is 0.417. The second-order valence-corrected chi connectivity index (χ2v) is 5.35. The van der Waals surface area contributed by atoms with E-state index < -0.39 is 6.04 Å². The van der Waals surface area contributed by atoms with E-state index >= 15 is 0 Å². The van der Waals surface area contributed by atoms with Crippen molar-refractivity contribution < 1.29 is 19.4 Å². The highest BCUT2D eigenvalue weighted by Crippen LogP contribution is 2.43. The molecule has 0 aliphatic rings. The molecule has 0 aliphatic carbocycles. The number of hydrogen-bond donors (Lipinski definition) is 2. The first-order valence-electron chi connectivity index (χ1n) is 5.58. The third kappa shape index (κ3) is 4.51. The van der Waals surface area contributed by atoms with Gasteiger partial charge in [0.05, 0.1) is 24.6 Å². The van der Waals surface area contributed by atoms with Crippen molar-refractivity contribution in [2.45, 2.75) is 19.4 Å². The number of benzene rings is 1. The molecule has 0 fully saturated rings. The average Bonchev–Trinajstić information content (AvgIpc) is 2.36. The van der Waals surface area contributed by atoms with Crippen molar-refractivity contribution in [2.24, 2.45) is 5.73 Å². The number of aromatic hydroxyl groups is 1. The number of hydrogen-bond acceptors (Lipinski definition) is 5. The molecule has 0 aliphatic heterocycles. The maximum Gasteiger partial charge on any atom is 0.307 e. The van der Waals surface area contributed by atoms with Crippen molar-refractivity contribution in [3.63, 3.8) is 0 Å². The summed E-state index contributed by atoms with van der Waals surface area (Å²) in [4.78, 5) is 11.4. The van der Waals surface area contributed by atoms with Gasteiger partial charge in [-0.15, -0.1) is 12.4 Å². The molecule has 0 heterocycles. The lowest BCUT2D eigenvalue weighted by Gasteiger charge is -2.17. The van der Waals surface area contributed by atoms with Crippen molar-refractivity contribution in [3.8, 4) is 11.5 Å². The van der Waals surface area contributed by atoms with Crippen LogP contribution in [0.1, 0.15) is 24.9 Å². The molecule has 0 saturated carbocycles. The number of nitrogens with two attached hydrogens (primary N) is 1. The lowest BCUT2D eigenvalue weighted by Crippen LogP contribution is -2.18. The monoisotopic (exact) mass is 431 g/mol. The van der Waals surface area contributed by atoms with Gasteiger partial charge in [-0.05, 0) is 50.4 Å². The zero-order valence-electron chi connectivity index (χ0n) is 11.0. The first-order valence-corrected chi connectivity index (χ1v) is 7.17. The summed E-state index contributed by atoms with van der Waals surface area (Å²) < 4.78 is 10.9. The van der Waals surface area contributed by atoms with Gasteiger partial charge in [0.1, 0.15) is 0 Å². The van der Waals surface area contributed by atoms with Crippen molar-refractivity contribution in [1.82, 2.24) is 0 Å². The van der Waals surface area contributed by atoms with Gasteiger partial charge >= 0.3 is 5.97 Å². The van der Waals surface area contributed by atoms with Gasteiger partial charge in [-0.2, -0.15) is 0 Å². The fourth-order valence-corrected chi connectivity index (χ4v) is 2.57. The van der Waals surface area contributed by atoms with E-state index in [4.69, 9.17) is 15.2 Å². The number of methoxy groups -OCH3 is 1. The number of phenolic OH excluding ortho intramolecular Hbond substituents is 1. The molecule has 1 atom stereocenters. The molecular weight excluding hydrogens is 417 g/mol. The largest absolute Gasteiger partial charge is 0.503 e. The van der Waals surface area contributed by atoms with Crippen molar-refractivity contribution >= 4 is 50.2 Å². The number of ether oxygens (including phenoxy) is 2. The molecule has 0 amide bonds. The van der Waals surface area contributed by atoms with Crippen LogP contribution in [0, 0.1) is 0 Å². The van der Waals surface area contributed by atoms with E-state index in [2.05, 4.69) is 31.9 Å². The first kappa shape index (κ1) is 19.5. The molecule has 1 rings (SSSR count). The molecule has 3 N–H and O–H groups in total. The Balaban J connectivity index is 0.00000361. The normalized spacial score (nSPS) is 11.4.